The van der Waals surface area contributed by atoms with Crippen molar-refractivity contribution in [1.82, 2.24) is 0 Å². The average Bonchev–Trinajstić information content (AvgIpc) is 2.86. The van der Waals surface area contributed by atoms with Gasteiger partial charge in [-0.15, -0.1) is 0 Å². The summed E-state index contributed by atoms with van der Waals surface area (Å²) in [6.07, 6.45) is 2.66. The maximum absolute atomic E-state index is 11.8. The Kier molecular flexibility index (Phi) is 3.77. The van der Waals surface area contributed by atoms with Crippen molar-refractivity contribution in [2.45, 2.75) is 0 Å². The third-order valence-corrected chi connectivity index (χ3v) is 2.57. The highest BCUT2D eigenvalue weighted by Crippen LogP contribution is 2.17. The molecule has 19 heavy (non-hydrogen) atoms. The first-order valence-corrected chi connectivity index (χ1v) is 5.66. The van der Waals surface area contributed by atoms with Gasteiger partial charge in [0, 0.05) is 10.6 Å². The molecule has 0 amide bonds. The fourth-order valence-corrected chi connectivity index (χ4v) is 1.52. The van der Waals surface area contributed by atoms with Crippen LogP contribution in [-0.2, 0) is 0 Å². The van der Waals surface area contributed by atoms with Crippen LogP contribution in [0.5, 0.6) is 0 Å². The smallest absolute Gasteiger partial charge is 0.401 e. The predicted octanol–water partition coefficient (Wildman–Crippen LogP) is 3.74. The maximum Gasteiger partial charge on any atom is 0.433 e. The molecule has 2 rings (SSSR count). The van der Waals surface area contributed by atoms with Gasteiger partial charge in [-0.1, -0.05) is 11.6 Å². The zero-order chi connectivity index (χ0) is 13.8. The normalized spacial score (nSPS) is 10.8. The third-order valence-electron chi connectivity index (χ3n) is 2.32. The lowest BCUT2D eigenvalue weighted by molar-refractivity contribution is -0.402. The first kappa shape index (κ1) is 13.0. The number of halogens is 1. The van der Waals surface area contributed by atoms with Crippen LogP contribution < -0.4 is 0 Å². The fourth-order valence-electron chi connectivity index (χ4n) is 1.40. The van der Waals surface area contributed by atoms with E-state index in [1.807, 2.05) is 0 Å². The van der Waals surface area contributed by atoms with Crippen LogP contribution in [0.2, 0.25) is 5.02 Å². The first-order valence-electron chi connectivity index (χ1n) is 5.28. The summed E-state index contributed by atoms with van der Waals surface area (Å²) in [6, 6.07) is 9.07. The van der Waals surface area contributed by atoms with E-state index in [1.54, 1.807) is 24.3 Å². The lowest BCUT2D eigenvalue weighted by atomic mass is 10.1. The summed E-state index contributed by atoms with van der Waals surface area (Å²) in [5, 5.41) is 11.0. The second-order valence-corrected chi connectivity index (χ2v) is 4.07. The van der Waals surface area contributed by atoms with Crippen LogP contribution in [0.25, 0.3) is 6.08 Å². The molecule has 0 aliphatic heterocycles. The third kappa shape index (κ3) is 3.29. The number of rotatable bonds is 4. The minimum absolute atomic E-state index is 0.240. The Balaban J connectivity index is 2.11. The highest BCUT2D eigenvalue weighted by molar-refractivity contribution is 6.30. The van der Waals surface area contributed by atoms with Crippen LogP contribution in [0.4, 0.5) is 5.88 Å². The summed E-state index contributed by atoms with van der Waals surface area (Å²) in [4.78, 5) is 21.5. The van der Waals surface area contributed by atoms with Crippen LogP contribution in [0.1, 0.15) is 16.1 Å². The second-order valence-electron chi connectivity index (χ2n) is 3.64. The number of carbonyl (C=O) groups excluding carboxylic acids is 1. The lowest BCUT2D eigenvalue weighted by Crippen LogP contribution is -1.92. The molecule has 0 N–H and O–H groups in total. The molecule has 1 heterocycles. The highest BCUT2D eigenvalue weighted by Gasteiger charge is 2.10. The van der Waals surface area contributed by atoms with E-state index in [9.17, 15) is 14.9 Å². The number of furan rings is 1. The minimum Gasteiger partial charge on any atom is -0.401 e. The monoisotopic (exact) mass is 277 g/mol. The summed E-state index contributed by atoms with van der Waals surface area (Å²) < 4.78 is 4.89. The average molecular weight is 278 g/mol. The Morgan fingerprint density at radius 1 is 1.21 bits per heavy atom. The molecule has 0 aliphatic rings. The molecule has 0 fully saturated rings. The van der Waals surface area contributed by atoms with Gasteiger partial charge >= 0.3 is 5.88 Å². The number of hydrogen-bond acceptors (Lipinski definition) is 4. The molecule has 0 saturated heterocycles. The van der Waals surface area contributed by atoms with Gasteiger partial charge in [0.05, 0.1) is 6.07 Å². The predicted molar refractivity (Wildman–Crippen MR) is 70.2 cm³/mol. The van der Waals surface area contributed by atoms with Crippen LogP contribution in [0.15, 0.2) is 46.9 Å². The van der Waals surface area contributed by atoms with E-state index in [0.717, 1.165) is 0 Å². The van der Waals surface area contributed by atoms with E-state index in [4.69, 9.17) is 16.0 Å². The molecule has 0 spiro atoms. The molecule has 0 aliphatic carbocycles. The zero-order valence-electron chi connectivity index (χ0n) is 9.58. The Morgan fingerprint density at radius 3 is 2.47 bits per heavy atom. The number of hydrogen-bond donors (Lipinski definition) is 0. The molecular weight excluding hydrogens is 270 g/mol. The highest BCUT2D eigenvalue weighted by atomic mass is 35.5. The van der Waals surface area contributed by atoms with Gasteiger partial charge in [0.1, 0.15) is 10.7 Å². The van der Waals surface area contributed by atoms with E-state index in [-0.39, 0.29) is 17.4 Å². The van der Waals surface area contributed by atoms with Crippen molar-refractivity contribution in [3.8, 4) is 0 Å². The number of allylic oxidation sites excluding steroid dienone is 1. The summed E-state index contributed by atoms with van der Waals surface area (Å²) in [5.74, 6) is -0.358. The van der Waals surface area contributed by atoms with Crippen molar-refractivity contribution in [3.05, 3.63) is 68.9 Å². The SMILES string of the molecule is O=C(/C=C\c1ccc([N+](=O)[O-])o1)c1ccc(Cl)cc1. The molecule has 0 unspecified atom stereocenters. The van der Waals surface area contributed by atoms with Crippen molar-refractivity contribution >= 4 is 29.3 Å². The lowest BCUT2D eigenvalue weighted by Gasteiger charge is -1.94. The summed E-state index contributed by atoms with van der Waals surface area (Å²) in [7, 11) is 0. The molecule has 6 heteroatoms. The van der Waals surface area contributed by atoms with E-state index < -0.39 is 4.92 Å². The Morgan fingerprint density at radius 2 is 1.89 bits per heavy atom. The number of benzene rings is 1. The van der Waals surface area contributed by atoms with E-state index in [2.05, 4.69) is 0 Å². The molecular formula is C13H8ClNO4. The molecule has 0 radical (unpaired) electrons. The van der Waals surface area contributed by atoms with Gasteiger partial charge in [0.2, 0.25) is 0 Å². The van der Waals surface area contributed by atoms with Gasteiger partial charge in [0.15, 0.2) is 5.78 Å². The van der Waals surface area contributed by atoms with Crippen molar-refractivity contribution in [2.24, 2.45) is 0 Å². The molecule has 96 valence electrons. The topological polar surface area (TPSA) is 73.3 Å². The Labute approximate surface area is 113 Å². The van der Waals surface area contributed by atoms with Crippen molar-refractivity contribution in [3.63, 3.8) is 0 Å². The number of ketones is 1. The van der Waals surface area contributed by atoms with Crippen molar-refractivity contribution in [2.75, 3.05) is 0 Å². The van der Waals surface area contributed by atoms with Crippen molar-refractivity contribution in [1.29, 1.82) is 0 Å². The summed E-state index contributed by atoms with van der Waals surface area (Å²) in [5.41, 5.74) is 0.474. The number of nitro groups is 1. The molecule has 1 aromatic carbocycles. The van der Waals surface area contributed by atoms with Gasteiger partial charge < -0.3 is 4.42 Å². The minimum atomic E-state index is -0.641. The largest absolute Gasteiger partial charge is 0.433 e. The standard InChI is InChI=1S/C13H8ClNO4/c14-10-3-1-9(2-4-10)12(16)7-5-11-6-8-13(19-11)15(17)18/h1-8H/b7-5-. The number of nitrogens with zero attached hydrogens (tertiary/aromatic N) is 1. The molecule has 0 atom stereocenters. The van der Waals surface area contributed by atoms with E-state index in [0.29, 0.717) is 10.6 Å². The Hall–Kier alpha value is -2.40. The zero-order valence-corrected chi connectivity index (χ0v) is 10.3. The van der Waals surface area contributed by atoms with Gasteiger partial charge in [-0.3, -0.25) is 14.9 Å². The molecule has 2 aromatic rings. The van der Waals surface area contributed by atoms with Crippen LogP contribution in [0.3, 0.4) is 0 Å². The van der Waals surface area contributed by atoms with E-state index in [1.165, 1.54) is 24.3 Å². The van der Waals surface area contributed by atoms with E-state index >= 15 is 0 Å². The fraction of sp³-hybridized carbons (Fsp3) is 0. The first-order chi connectivity index (χ1) is 9.06. The van der Waals surface area contributed by atoms with Gasteiger partial charge in [-0.25, -0.2) is 0 Å². The summed E-state index contributed by atoms with van der Waals surface area (Å²) in [6.45, 7) is 0. The number of carbonyl (C=O) groups is 1. The molecule has 1 aromatic heterocycles. The molecule has 5 nitrogen and oxygen atoms in total. The maximum atomic E-state index is 11.8. The second kappa shape index (κ2) is 5.49. The van der Waals surface area contributed by atoms with Crippen LogP contribution >= 0.6 is 11.6 Å². The quantitative estimate of drug-likeness (QED) is 0.369. The van der Waals surface area contributed by atoms with Gasteiger partial charge in [-0.2, -0.15) is 0 Å². The van der Waals surface area contributed by atoms with Gasteiger partial charge in [0.25, 0.3) is 0 Å². The van der Waals surface area contributed by atoms with Crippen LogP contribution in [0, 0.1) is 10.1 Å². The Bertz CT molecular complexity index is 643. The van der Waals surface area contributed by atoms with Gasteiger partial charge in [-0.05, 0) is 42.5 Å². The summed E-state index contributed by atoms with van der Waals surface area (Å²) >= 11 is 5.71. The van der Waals surface area contributed by atoms with Crippen molar-refractivity contribution < 1.29 is 14.1 Å². The molecule has 0 saturated carbocycles. The van der Waals surface area contributed by atoms with Crippen LogP contribution in [-0.4, -0.2) is 10.7 Å². The molecule has 0 bridgehead atoms.